The Morgan fingerprint density at radius 2 is 1.71 bits per heavy atom. The van der Waals surface area contributed by atoms with Crippen molar-refractivity contribution in [2.75, 3.05) is 13.7 Å². The van der Waals surface area contributed by atoms with Gasteiger partial charge < -0.3 is 19.2 Å². The number of halogens is 2. The quantitative estimate of drug-likeness (QED) is 0.351. The maximum Gasteiger partial charge on any atom is 0.387 e. The third-order valence-electron chi connectivity index (χ3n) is 5.23. The Labute approximate surface area is 200 Å². The highest BCUT2D eigenvalue weighted by molar-refractivity contribution is 5.94. The van der Waals surface area contributed by atoms with Crippen LogP contribution in [0.25, 0.3) is 22.9 Å². The molecule has 1 aromatic heterocycles. The molecule has 35 heavy (non-hydrogen) atoms. The van der Waals surface area contributed by atoms with E-state index in [2.05, 4.69) is 20.3 Å². The molecule has 0 radical (unpaired) electrons. The molecule has 0 aliphatic rings. The van der Waals surface area contributed by atoms with Crippen LogP contribution in [0.15, 0.2) is 71.1 Å². The minimum absolute atomic E-state index is 0.0477. The Bertz CT molecular complexity index is 1310. The molecule has 0 saturated heterocycles. The SMILES string of the molecule is COc1ccc(CCNC(=O)c2ccc(-c3nnc(-c4cccc(C)c4)o3)cc2)cc1OC(F)F. The molecule has 0 aliphatic heterocycles. The molecule has 1 N–H and O–H groups in total. The zero-order valence-corrected chi connectivity index (χ0v) is 19.1. The molecule has 0 unspecified atom stereocenters. The number of amides is 1. The van der Waals surface area contributed by atoms with Gasteiger partial charge in [0.05, 0.1) is 7.11 Å². The Morgan fingerprint density at radius 1 is 0.971 bits per heavy atom. The zero-order chi connectivity index (χ0) is 24.8. The van der Waals surface area contributed by atoms with E-state index >= 15 is 0 Å². The van der Waals surface area contributed by atoms with Crippen molar-refractivity contribution in [3.05, 3.63) is 83.4 Å². The van der Waals surface area contributed by atoms with Gasteiger partial charge in [0.2, 0.25) is 11.8 Å². The van der Waals surface area contributed by atoms with Gasteiger partial charge in [-0.05, 0) is 67.4 Å². The highest BCUT2D eigenvalue weighted by atomic mass is 19.3. The van der Waals surface area contributed by atoms with E-state index in [4.69, 9.17) is 9.15 Å². The lowest BCUT2D eigenvalue weighted by Gasteiger charge is -2.12. The minimum Gasteiger partial charge on any atom is -0.493 e. The number of hydrogen-bond acceptors (Lipinski definition) is 6. The Kier molecular flexibility index (Phi) is 7.35. The van der Waals surface area contributed by atoms with Crippen LogP contribution >= 0.6 is 0 Å². The predicted octanol–water partition coefficient (Wildman–Crippen LogP) is 5.29. The normalized spacial score (nSPS) is 10.9. The van der Waals surface area contributed by atoms with Crippen LogP contribution in [-0.4, -0.2) is 36.4 Å². The van der Waals surface area contributed by atoms with Crippen LogP contribution in [-0.2, 0) is 6.42 Å². The van der Waals surface area contributed by atoms with E-state index < -0.39 is 6.61 Å². The Hall–Kier alpha value is -4.27. The van der Waals surface area contributed by atoms with E-state index in [-0.39, 0.29) is 17.4 Å². The molecule has 0 atom stereocenters. The lowest BCUT2D eigenvalue weighted by Crippen LogP contribution is -2.25. The number of carbonyl (C=O) groups excluding carboxylic acids is 1. The maximum absolute atomic E-state index is 12.6. The molecule has 0 fully saturated rings. The van der Waals surface area contributed by atoms with Crippen molar-refractivity contribution in [2.24, 2.45) is 0 Å². The summed E-state index contributed by atoms with van der Waals surface area (Å²) in [5, 5.41) is 11.0. The fourth-order valence-electron chi connectivity index (χ4n) is 3.49. The molecular formula is C26H23F2N3O4. The molecule has 0 aliphatic carbocycles. The summed E-state index contributed by atoms with van der Waals surface area (Å²) < 4.78 is 40.5. The second kappa shape index (κ2) is 10.8. The molecule has 1 amide bonds. The van der Waals surface area contributed by atoms with Crippen LogP contribution in [0, 0.1) is 6.92 Å². The first-order valence-corrected chi connectivity index (χ1v) is 10.8. The van der Waals surface area contributed by atoms with Crippen LogP contribution in [0.1, 0.15) is 21.5 Å². The number of ether oxygens (including phenoxy) is 2. The van der Waals surface area contributed by atoms with Crippen LogP contribution in [0.5, 0.6) is 11.5 Å². The predicted molar refractivity (Wildman–Crippen MR) is 126 cm³/mol. The molecular weight excluding hydrogens is 456 g/mol. The van der Waals surface area contributed by atoms with Gasteiger partial charge in [0.1, 0.15) is 0 Å². The number of methoxy groups -OCH3 is 1. The van der Waals surface area contributed by atoms with Crippen molar-refractivity contribution in [1.29, 1.82) is 0 Å². The van der Waals surface area contributed by atoms with Gasteiger partial charge in [-0.15, -0.1) is 10.2 Å². The highest BCUT2D eigenvalue weighted by Crippen LogP contribution is 2.29. The second-order valence-electron chi connectivity index (χ2n) is 7.73. The topological polar surface area (TPSA) is 86.5 Å². The van der Waals surface area contributed by atoms with Gasteiger partial charge in [-0.1, -0.05) is 23.8 Å². The van der Waals surface area contributed by atoms with Crippen molar-refractivity contribution >= 4 is 5.91 Å². The number of alkyl halides is 2. The van der Waals surface area contributed by atoms with Crippen molar-refractivity contribution < 1.29 is 27.5 Å². The standard InChI is InChI=1S/C26H23F2N3O4/c1-16-4-3-5-20(14-16)25-31-30-24(35-25)19-9-7-18(8-10-19)23(32)29-13-12-17-6-11-21(33-2)22(15-17)34-26(27)28/h3-11,14-15,26H,12-13H2,1-2H3,(H,29,32). The summed E-state index contributed by atoms with van der Waals surface area (Å²) >= 11 is 0. The Morgan fingerprint density at radius 3 is 2.40 bits per heavy atom. The van der Waals surface area contributed by atoms with Gasteiger partial charge in [-0.3, -0.25) is 4.79 Å². The Balaban J connectivity index is 1.35. The molecule has 9 heteroatoms. The highest BCUT2D eigenvalue weighted by Gasteiger charge is 2.13. The van der Waals surface area contributed by atoms with Crippen LogP contribution in [0.4, 0.5) is 8.78 Å². The average Bonchev–Trinajstić information content (AvgIpc) is 3.34. The van der Waals surface area contributed by atoms with Crippen molar-refractivity contribution in [3.8, 4) is 34.4 Å². The zero-order valence-electron chi connectivity index (χ0n) is 19.1. The summed E-state index contributed by atoms with van der Waals surface area (Å²) in [7, 11) is 1.38. The smallest absolute Gasteiger partial charge is 0.387 e. The van der Waals surface area contributed by atoms with E-state index in [1.54, 1.807) is 36.4 Å². The summed E-state index contributed by atoms with van der Waals surface area (Å²) in [6.07, 6.45) is 0.428. The fraction of sp³-hybridized carbons (Fsp3) is 0.192. The van der Waals surface area contributed by atoms with Gasteiger partial charge >= 0.3 is 6.61 Å². The molecule has 180 valence electrons. The number of nitrogens with zero attached hydrogens (tertiary/aromatic N) is 2. The number of hydrogen-bond donors (Lipinski definition) is 1. The average molecular weight is 479 g/mol. The van der Waals surface area contributed by atoms with E-state index in [1.807, 2.05) is 31.2 Å². The summed E-state index contributed by atoms with van der Waals surface area (Å²) in [6.45, 7) is -0.659. The van der Waals surface area contributed by atoms with Crippen molar-refractivity contribution in [1.82, 2.24) is 15.5 Å². The monoisotopic (exact) mass is 479 g/mol. The third kappa shape index (κ3) is 6.00. The van der Waals surface area contributed by atoms with E-state index in [9.17, 15) is 13.6 Å². The minimum atomic E-state index is -2.96. The molecule has 1 heterocycles. The molecule has 7 nitrogen and oxygen atoms in total. The summed E-state index contributed by atoms with van der Waals surface area (Å²) in [5.41, 5.74) is 3.80. The molecule has 4 rings (SSSR count). The first-order valence-electron chi connectivity index (χ1n) is 10.8. The van der Waals surface area contributed by atoms with Gasteiger partial charge in [0, 0.05) is 23.2 Å². The first-order chi connectivity index (χ1) is 16.9. The van der Waals surface area contributed by atoms with Crippen molar-refractivity contribution in [2.45, 2.75) is 20.0 Å². The first kappa shape index (κ1) is 23.9. The van der Waals surface area contributed by atoms with Crippen LogP contribution in [0.3, 0.4) is 0 Å². The number of rotatable bonds is 9. The van der Waals surface area contributed by atoms with Crippen LogP contribution in [0.2, 0.25) is 0 Å². The van der Waals surface area contributed by atoms with Crippen molar-refractivity contribution in [3.63, 3.8) is 0 Å². The maximum atomic E-state index is 12.6. The molecule has 0 spiro atoms. The molecule has 0 bridgehead atoms. The van der Waals surface area contributed by atoms with E-state index in [0.29, 0.717) is 35.9 Å². The number of benzene rings is 3. The number of carbonyl (C=O) groups is 1. The van der Waals surface area contributed by atoms with Gasteiger partial charge in [-0.25, -0.2) is 0 Å². The van der Waals surface area contributed by atoms with E-state index in [0.717, 1.165) is 16.7 Å². The molecule has 3 aromatic carbocycles. The number of aromatic nitrogens is 2. The summed E-state index contributed by atoms with van der Waals surface area (Å²) in [6, 6.07) is 19.3. The lowest BCUT2D eigenvalue weighted by molar-refractivity contribution is -0.0512. The molecule has 0 saturated carbocycles. The van der Waals surface area contributed by atoms with Gasteiger partial charge in [-0.2, -0.15) is 8.78 Å². The fourth-order valence-corrected chi connectivity index (χ4v) is 3.49. The second-order valence-corrected chi connectivity index (χ2v) is 7.73. The number of nitrogens with one attached hydrogen (secondary N) is 1. The lowest BCUT2D eigenvalue weighted by atomic mass is 10.1. The van der Waals surface area contributed by atoms with E-state index in [1.165, 1.54) is 13.2 Å². The number of aryl methyl sites for hydroxylation is 1. The third-order valence-corrected chi connectivity index (χ3v) is 5.23. The largest absolute Gasteiger partial charge is 0.493 e. The van der Waals surface area contributed by atoms with Crippen LogP contribution < -0.4 is 14.8 Å². The van der Waals surface area contributed by atoms with Gasteiger partial charge in [0.25, 0.3) is 5.91 Å². The summed E-state index contributed by atoms with van der Waals surface area (Å²) in [5.74, 6) is 0.681. The molecule has 4 aromatic rings. The van der Waals surface area contributed by atoms with Gasteiger partial charge in [0.15, 0.2) is 11.5 Å². The summed E-state index contributed by atoms with van der Waals surface area (Å²) in [4.78, 5) is 12.5.